The fourth-order valence-electron chi connectivity index (χ4n) is 2.43. The van der Waals surface area contributed by atoms with Crippen molar-refractivity contribution in [2.24, 2.45) is 0 Å². The van der Waals surface area contributed by atoms with Gasteiger partial charge in [0.25, 0.3) is 0 Å². The van der Waals surface area contributed by atoms with Crippen molar-refractivity contribution in [3.05, 3.63) is 42.2 Å². The van der Waals surface area contributed by atoms with Gasteiger partial charge in [0.2, 0.25) is 11.9 Å². The van der Waals surface area contributed by atoms with Gasteiger partial charge in [-0.15, -0.1) is 0 Å². The largest absolute Gasteiger partial charge is 0.433 e. The van der Waals surface area contributed by atoms with Crippen LogP contribution in [0.4, 0.5) is 35.0 Å². The molecule has 0 aromatic carbocycles. The summed E-state index contributed by atoms with van der Waals surface area (Å²) in [6, 6.07) is 6.87. The van der Waals surface area contributed by atoms with Crippen molar-refractivity contribution in [1.82, 2.24) is 24.9 Å². The van der Waals surface area contributed by atoms with Crippen molar-refractivity contribution < 1.29 is 22.5 Å². The Kier molecular flexibility index (Phi) is 6.85. The molecule has 8 nitrogen and oxygen atoms in total. The van der Waals surface area contributed by atoms with Crippen molar-refractivity contribution in [1.29, 1.82) is 0 Å². The second-order valence-electron chi connectivity index (χ2n) is 7.38. The number of rotatable bonds is 7. The molecule has 3 N–H and O–H groups in total. The van der Waals surface area contributed by atoms with Crippen LogP contribution in [0.25, 0.3) is 11.5 Å². The van der Waals surface area contributed by atoms with Crippen molar-refractivity contribution in [2.75, 3.05) is 23.8 Å². The third kappa shape index (κ3) is 6.51. The van der Waals surface area contributed by atoms with E-state index >= 15 is 0 Å². The quantitative estimate of drug-likeness (QED) is 0.353. The van der Waals surface area contributed by atoms with E-state index in [1.165, 1.54) is 12.7 Å². The molecule has 3 aromatic heterocycles. The van der Waals surface area contributed by atoms with E-state index in [1.807, 2.05) is 0 Å². The zero-order chi connectivity index (χ0) is 23.5. The summed E-state index contributed by atoms with van der Waals surface area (Å²) >= 11 is 0. The standard InChI is InChI=1S/C19H20F4N7OP/c1-18(2,31)10-25-16-28-15(12-5-4-6-14(27-12)32(3)23)29-17(30-16)26-11-7-8-24-13(9-11)19(20,21)22/h4-9,31H,10H2,1-3H3,(H2,24,25,26,28,29,30). The third-order valence-corrected chi connectivity index (χ3v) is 4.78. The molecule has 0 fully saturated rings. The second kappa shape index (κ2) is 9.25. The van der Waals surface area contributed by atoms with Crippen molar-refractivity contribution in [3.8, 4) is 11.5 Å². The van der Waals surface area contributed by atoms with Crippen LogP contribution in [0.5, 0.6) is 0 Å². The normalized spacial score (nSPS) is 13.0. The first-order valence-electron chi connectivity index (χ1n) is 9.30. The summed E-state index contributed by atoms with van der Waals surface area (Å²) in [5.41, 5.74) is -1.61. The van der Waals surface area contributed by atoms with Crippen LogP contribution in [-0.2, 0) is 6.18 Å². The molecule has 0 saturated heterocycles. The van der Waals surface area contributed by atoms with Crippen LogP contribution in [0.2, 0.25) is 0 Å². The highest BCUT2D eigenvalue weighted by atomic mass is 31.2. The summed E-state index contributed by atoms with van der Waals surface area (Å²) in [6.45, 7) is 4.64. The molecular formula is C19H20F4N7OP. The fourth-order valence-corrected chi connectivity index (χ4v) is 2.97. The number of nitrogens with one attached hydrogen (secondary N) is 2. The Bertz CT molecular complexity index is 1090. The van der Waals surface area contributed by atoms with Crippen LogP contribution in [0.1, 0.15) is 19.5 Å². The van der Waals surface area contributed by atoms with Gasteiger partial charge in [-0.25, -0.2) is 9.18 Å². The lowest BCUT2D eigenvalue weighted by atomic mass is 10.1. The van der Waals surface area contributed by atoms with Gasteiger partial charge in [-0.3, -0.25) is 4.98 Å². The van der Waals surface area contributed by atoms with Gasteiger partial charge in [0, 0.05) is 18.4 Å². The zero-order valence-corrected chi connectivity index (χ0v) is 18.2. The van der Waals surface area contributed by atoms with E-state index in [0.717, 1.165) is 12.3 Å². The van der Waals surface area contributed by atoms with E-state index < -0.39 is 25.7 Å². The number of aliphatic hydroxyl groups is 1. The molecule has 3 aromatic rings. The second-order valence-corrected chi connectivity index (χ2v) is 8.80. The van der Waals surface area contributed by atoms with Crippen LogP contribution < -0.4 is 16.1 Å². The predicted molar refractivity (Wildman–Crippen MR) is 114 cm³/mol. The Morgan fingerprint density at radius 3 is 2.41 bits per heavy atom. The van der Waals surface area contributed by atoms with Gasteiger partial charge in [-0.2, -0.15) is 28.1 Å². The van der Waals surface area contributed by atoms with E-state index in [4.69, 9.17) is 0 Å². The average molecular weight is 469 g/mol. The van der Waals surface area contributed by atoms with E-state index in [9.17, 15) is 22.5 Å². The summed E-state index contributed by atoms with van der Waals surface area (Å²) in [6.07, 6.45) is -3.60. The maximum absolute atomic E-state index is 13.8. The molecular weight excluding hydrogens is 449 g/mol. The molecule has 0 aliphatic rings. The number of halogens is 4. The number of anilines is 3. The van der Waals surface area contributed by atoms with Crippen LogP contribution in [0.3, 0.4) is 0 Å². The lowest BCUT2D eigenvalue weighted by Gasteiger charge is -2.18. The molecule has 32 heavy (non-hydrogen) atoms. The summed E-state index contributed by atoms with van der Waals surface area (Å²) in [5.74, 6) is 0.0549. The van der Waals surface area contributed by atoms with E-state index in [1.54, 1.807) is 32.0 Å². The van der Waals surface area contributed by atoms with Gasteiger partial charge in [0.05, 0.1) is 11.0 Å². The summed E-state index contributed by atoms with van der Waals surface area (Å²) < 4.78 is 52.7. The first-order chi connectivity index (χ1) is 14.9. The number of hydrogen-bond acceptors (Lipinski definition) is 8. The molecule has 0 amide bonds. The van der Waals surface area contributed by atoms with Crippen molar-refractivity contribution in [2.45, 2.75) is 25.6 Å². The van der Waals surface area contributed by atoms with Gasteiger partial charge in [0.15, 0.2) is 5.82 Å². The topological polar surface area (TPSA) is 109 Å². The molecule has 0 spiro atoms. The third-order valence-electron chi connectivity index (χ3n) is 3.90. The number of pyridine rings is 2. The fraction of sp³-hybridized carbons (Fsp3) is 0.316. The molecule has 0 aliphatic heterocycles. The smallest absolute Gasteiger partial charge is 0.389 e. The van der Waals surface area contributed by atoms with Crippen LogP contribution in [0, 0.1) is 0 Å². The van der Waals surface area contributed by atoms with E-state index in [-0.39, 0.29) is 41.1 Å². The minimum atomic E-state index is -4.61. The number of nitrogens with zero attached hydrogens (tertiary/aromatic N) is 5. The molecule has 170 valence electrons. The highest BCUT2D eigenvalue weighted by Gasteiger charge is 2.32. The molecule has 13 heteroatoms. The van der Waals surface area contributed by atoms with E-state index in [2.05, 4.69) is 35.6 Å². The molecule has 0 aliphatic carbocycles. The molecule has 0 bridgehead atoms. The van der Waals surface area contributed by atoms with Crippen LogP contribution >= 0.6 is 8.23 Å². The Hall–Kier alpha value is -2.98. The highest BCUT2D eigenvalue weighted by molar-refractivity contribution is 7.59. The van der Waals surface area contributed by atoms with Crippen LogP contribution in [0.15, 0.2) is 36.5 Å². The first kappa shape index (κ1) is 23.7. The minimum absolute atomic E-state index is 0.0518. The van der Waals surface area contributed by atoms with Gasteiger partial charge < -0.3 is 15.7 Å². The highest BCUT2D eigenvalue weighted by Crippen LogP contribution is 2.31. The molecule has 1 atom stereocenters. The Morgan fingerprint density at radius 1 is 1.03 bits per heavy atom. The minimum Gasteiger partial charge on any atom is -0.389 e. The van der Waals surface area contributed by atoms with Crippen LogP contribution in [-0.4, -0.2) is 48.8 Å². The van der Waals surface area contributed by atoms with Crippen molar-refractivity contribution >= 4 is 31.3 Å². The van der Waals surface area contributed by atoms with Gasteiger partial charge >= 0.3 is 6.18 Å². The zero-order valence-electron chi connectivity index (χ0n) is 17.3. The summed E-state index contributed by atoms with van der Waals surface area (Å²) in [4.78, 5) is 20.2. The Labute approximate surface area is 182 Å². The van der Waals surface area contributed by atoms with Gasteiger partial charge in [-0.05, 0) is 44.8 Å². The summed E-state index contributed by atoms with van der Waals surface area (Å²) in [7, 11) is -1.95. The summed E-state index contributed by atoms with van der Waals surface area (Å²) in [5, 5.41) is 15.5. The Morgan fingerprint density at radius 2 is 1.75 bits per heavy atom. The molecule has 3 rings (SSSR count). The van der Waals surface area contributed by atoms with Gasteiger partial charge in [-0.1, -0.05) is 6.07 Å². The lowest BCUT2D eigenvalue weighted by molar-refractivity contribution is -0.141. The maximum atomic E-state index is 13.8. The number of alkyl halides is 3. The Balaban J connectivity index is 2.00. The first-order valence-corrected chi connectivity index (χ1v) is 11.0. The lowest BCUT2D eigenvalue weighted by Crippen LogP contribution is -2.30. The van der Waals surface area contributed by atoms with E-state index in [0.29, 0.717) is 0 Å². The molecule has 3 heterocycles. The van der Waals surface area contributed by atoms with Crippen molar-refractivity contribution in [3.63, 3.8) is 0 Å². The molecule has 0 saturated carbocycles. The molecule has 0 radical (unpaired) electrons. The maximum Gasteiger partial charge on any atom is 0.433 e. The monoisotopic (exact) mass is 469 g/mol. The average Bonchev–Trinajstić information content (AvgIpc) is 2.71. The number of aromatic nitrogens is 5. The number of hydrogen-bond donors (Lipinski definition) is 3. The SMILES string of the molecule is CP(F)c1cccc(-c2nc(NCC(C)(C)O)nc(Nc3ccnc(C(F)(F)F)c3)n2)n1. The predicted octanol–water partition coefficient (Wildman–Crippen LogP) is 3.90. The van der Waals surface area contributed by atoms with Gasteiger partial charge in [0.1, 0.15) is 19.6 Å². The molecule has 1 unspecified atom stereocenters.